The minimum absolute atomic E-state index is 0.0792. The van der Waals surface area contributed by atoms with Crippen molar-refractivity contribution >= 4 is 0 Å². The number of aromatic hydroxyl groups is 1. The van der Waals surface area contributed by atoms with Gasteiger partial charge in [0.25, 0.3) is 0 Å². The number of halogens is 3. The highest BCUT2D eigenvalue weighted by atomic mass is 19.4. The second-order valence-electron chi connectivity index (χ2n) is 2.94. The Kier molecular flexibility index (Phi) is 3.05. The van der Waals surface area contributed by atoms with E-state index in [2.05, 4.69) is 0 Å². The van der Waals surface area contributed by atoms with Crippen LogP contribution in [0.3, 0.4) is 0 Å². The Morgan fingerprint density at radius 3 is 2.31 bits per heavy atom. The zero-order valence-corrected chi connectivity index (χ0v) is 7.84. The van der Waals surface area contributed by atoms with Crippen molar-refractivity contribution in [2.75, 3.05) is 0 Å². The summed E-state index contributed by atoms with van der Waals surface area (Å²) in [6.45, 7) is 0. The predicted molar refractivity (Wildman–Crippen MR) is 47.1 cm³/mol. The topological polar surface area (TPSA) is 67.8 Å². The average molecular weight is 226 g/mol. The van der Waals surface area contributed by atoms with E-state index in [1.807, 2.05) is 0 Å². The van der Waals surface area contributed by atoms with Gasteiger partial charge in [0.2, 0.25) is 0 Å². The summed E-state index contributed by atoms with van der Waals surface area (Å²) in [6, 6.07) is 4.83. The first-order chi connectivity index (χ1) is 7.41. The van der Waals surface area contributed by atoms with E-state index in [0.717, 1.165) is 6.07 Å². The molecular weight excluding hydrogens is 221 g/mol. The van der Waals surface area contributed by atoms with Crippen molar-refractivity contribution in [3.63, 3.8) is 0 Å². The molecule has 1 N–H and O–H groups in total. The smallest absolute Gasteiger partial charge is 0.420 e. The van der Waals surface area contributed by atoms with Gasteiger partial charge >= 0.3 is 6.18 Å². The molecule has 1 rings (SSSR count). The molecule has 0 spiro atoms. The third-order valence-corrected chi connectivity index (χ3v) is 1.95. The normalized spacial score (nSPS) is 10.6. The van der Waals surface area contributed by atoms with E-state index in [4.69, 9.17) is 10.5 Å². The largest absolute Gasteiger partial charge is 0.506 e. The number of alkyl halides is 3. The summed E-state index contributed by atoms with van der Waals surface area (Å²) < 4.78 is 37.0. The summed E-state index contributed by atoms with van der Waals surface area (Å²) in [5.74, 6) is -1.12. The Morgan fingerprint density at radius 2 is 1.88 bits per heavy atom. The number of rotatable bonds is 1. The highest BCUT2D eigenvalue weighted by molar-refractivity contribution is 5.54. The molecule has 0 saturated carbocycles. The monoisotopic (exact) mass is 226 g/mol. The third-order valence-electron chi connectivity index (χ3n) is 1.95. The average Bonchev–Trinajstić information content (AvgIpc) is 2.16. The molecule has 1 aromatic rings. The number of hydrogen-bond donors (Lipinski definition) is 1. The van der Waals surface area contributed by atoms with Crippen LogP contribution in [0.5, 0.6) is 5.75 Å². The van der Waals surface area contributed by atoms with Gasteiger partial charge in [-0.25, -0.2) is 0 Å². The number of nitriles is 2. The Bertz CT molecular complexity index is 495. The molecule has 0 unspecified atom stereocenters. The molecule has 3 nitrogen and oxygen atoms in total. The quantitative estimate of drug-likeness (QED) is 0.799. The Hall–Kier alpha value is -2.21. The van der Waals surface area contributed by atoms with Crippen LogP contribution in [0.1, 0.15) is 16.7 Å². The molecule has 0 amide bonds. The number of phenols is 1. The fourth-order valence-electron chi connectivity index (χ4n) is 1.22. The maximum Gasteiger partial charge on any atom is 0.420 e. The van der Waals surface area contributed by atoms with E-state index in [0.29, 0.717) is 6.07 Å². The van der Waals surface area contributed by atoms with Gasteiger partial charge in [0.15, 0.2) is 0 Å². The maximum atomic E-state index is 12.3. The lowest BCUT2D eigenvalue weighted by Crippen LogP contribution is -2.07. The molecule has 0 atom stereocenters. The van der Waals surface area contributed by atoms with E-state index in [-0.39, 0.29) is 12.0 Å². The van der Waals surface area contributed by atoms with Crippen LogP contribution in [-0.2, 0) is 12.6 Å². The van der Waals surface area contributed by atoms with Crippen molar-refractivity contribution in [3.8, 4) is 17.9 Å². The number of phenolic OH excluding ortho intramolecular Hbond substituents is 1. The van der Waals surface area contributed by atoms with Gasteiger partial charge in [-0.3, -0.25) is 0 Å². The highest BCUT2D eigenvalue weighted by Gasteiger charge is 2.35. The van der Waals surface area contributed by atoms with Crippen LogP contribution in [0.25, 0.3) is 0 Å². The van der Waals surface area contributed by atoms with Crippen LogP contribution >= 0.6 is 0 Å². The zero-order valence-electron chi connectivity index (χ0n) is 7.84. The van der Waals surface area contributed by atoms with Crippen LogP contribution in [-0.4, -0.2) is 5.11 Å². The highest BCUT2D eigenvalue weighted by Crippen LogP contribution is 2.38. The van der Waals surface area contributed by atoms with E-state index in [1.165, 1.54) is 6.07 Å². The molecule has 82 valence electrons. The Labute approximate surface area is 89.0 Å². The van der Waals surface area contributed by atoms with Crippen LogP contribution < -0.4 is 0 Å². The minimum Gasteiger partial charge on any atom is -0.506 e. The molecule has 0 aliphatic rings. The fourth-order valence-corrected chi connectivity index (χ4v) is 1.22. The molecule has 0 radical (unpaired) electrons. The van der Waals surface area contributed by atoms with Crippen LogP contribution in [0.4, 0.5) is 13.2 Å². The van der Waals surface area contributed by atoms with Gasteiger partial charge in [-0.1, -0.05) is 6.07 Å². The fraction of sp³-hybridized carbons (Fsp3) is 0.200. The van der Waals surface area contributed by atoms with Gasteiger partial charge in [0, 0.05) is 0 Å². The molecule has 0 fully saturated rings. The summed E-state index contributed by atoms with van der Waals surface area (Å²) in [7, 11) is 0. The lowest BCUT2D eigenvalue weighted by Gasteiger charge is -2.11. The maximum absolute atomic E-state index is 12.3. The number of nitrogens with zero attached hydrogens (tertiary/aromatic N) is 2. The SMILES string of the molecule is N#CCc1ccc(C(F)(F)F)c(O)c1C#N. The van der Waals surface area contributed by atoms with Gasteiger partial charge in [0.1, 0.15) is 11.8 Å². The summed E-state index contributed by atoms with van der Waals surface area (Å²) in [4.78, 5) is 0. The van der Waals surface area contributed by atoms with Crippen molar-refractivity contribution in [1.29, 1.82) is 10.5 Å². The van der Waals surface area contributed by atoms with Gasteiger partial charge in [0.05, 0.1) is 23.6 Å². The Balaban J connectivity index is 3.43. The van der Waals surface area contributed by atoms with E-state index >= 15 is 0 Å². The molecule has 0 heterocycles. The summed E-state index contributed by atoms with van der Waals surface area (Å²) in [6.07, 6.45) is -4.95. The summed E-state index contributed by atoms with van der Waals surface area (Å²) in [5, 5.41) is 26.3. The standard InChI is InChI=1S/C10H5F3N2O/c11-10(12,13)8-2-1-6(3-4-14)7(5-15)9(8)16/h1-2,16H,3H2. The first kappa shape index (κ1) is 11.9. The van der Waals surface area contributed by atoms with Crippen molar-refractivity contribution in [2.45, 2.75) is 12.6 Å². The third kappa shape index (κ3) is 2.06. The summed E-state index contributed by atoms with van der Waals surface area (Å²) in [5.41, 5.74) is -1.70. The lowest BCUT2D eigenvalue weighted by atomic mass is 10.0. The van der Waals surface area contributed by atoms with Crippen LogP contribution in [0.15, 0.2) is 12.1 Å². The van der Waals surface area contributed by atoms with Crippen molar-refractivity contribution in [1.82, 2.24) is 0 Å². The predicted octanol–water partition coefficient (Wildman–Crippen LogP) is 2.35. The Morgan fingerprint density at radius 1 is 1.25 bits per heavy atom. The van der Waals surface area contributed by atoms with Crippen molar-refractivity contribution in [3.05, 3.63) is 28.8 Å². The zero-order chi connectivity index (χ0) is 12.3. The van der Waals surface area contributed by atoms with Crippen LogP contribution in [0.2, 0.25) is 0 Å². The van der Waals surface area contributed by atoms with Crippen LogP contribution in [0, 0.1) is 22.7 Å². The first-order valence-corrected chi connectivity index (χ1v) is 4.11. The molecule has 16 heavy (non-hydrogen) atoms. The van der Waals surface area contributed by atoms with Gasteiger partial charge in [-0.15, -0.1) is 0 Å². The van der Waals surface area contributed by atoms with Gasteiger partial charge in [-0.2, -0.15) is 23.7 Å². The molecule has 1 aromatic carbocycles. The van der Waals surface area contributed by atoms with Crippen molar-refractivity contribution < 1.29 is 18.3 Å². The second kappa shape index (κ2) is 4.11. The molecular formula is C10H5F3N2O. The number of benzene rings is 1. The number of hydrogen-bond acceptors (Lipinski definition) is 3. The summed E-state index contributed by atoms with van der Waals surface area (Å²) >= 11 is 0. The van der Waals surface area contributed by atoms with E-state index < -0.39 is 23.1 Å². The molecule has 0 saturated heterocycles. The molecule has 0 aromatic heterocycles. The van der Waals surface area contributed by atoms with Gasteiger partial charge in [-0.05, 0) is 11.6 Å². The van der Waals surface area contributed by atoms with Crippen molar-refractivity contribution in [2.24, 2.45) is 0 Å². The lowest BCUT2D eigenvalue weighted by molar-refractivity contribution is -0.138. The molecule has 0 aliphatic heterocycles. The molecule has 0 aliphatic carbocycles. The second-order valence-corrected chi connectivity index (χ2v) is 2.94. The van der Waals surface area contributed by atoms with Gasteiger partial charge < -0.3 is 5.11 Å². The minimum atomic E-state index is -4.72. The van der Waals surface area contributed by atoms with E-state index in [1.54, 1.807) is 6.07 Å². The van der Waals surface area contributed by atoms with E-state index in [9.17, 15) is 18.3 Å². The molecule has 0 bridgehead atoms. The first-order valence-electron chi connectivity index (χ1n) is 4.11. The molecule has 6 heteroatoms.